The molecule has 0 bridgehead atoms. The molecule has 0 aromatic heterocycles. The molecular formula is C15H17BN2O7-2. The number of carboxylic acid groups (broad SMARTS) is 1. The van der Waals surface area contributed by atoms with Gasteiger partial charge >= 0.3 is 6.75 Å². The molecular weight excluding hydrogens is 331 g/mol. The molecule has 2 atom stereocenters. The molecule has 4 N–H and O–H groups in total. The molecule has 10 heteroatoms. The Morgan fingerprint density at radius 1 is 1.40 bits per heavy atom. The normalized spacial score (nSPS) is 26.6. The smallest absolute Gasteiger partial charge is 0.434 e. The number of carbonyl (C=O) groups excluding carboxylic acids is 2. The van der Waals surface area contributed by atoms with E-state index in [1.807, 2.05) is 0 Å². The minimum absolute atomic E-state index is 0.0492. The number of primary amides is 1. The Balaban J connectivity index is 1.58. The lowest BCUT2D eigenvalue weighted by Crippen LogP contribution is -2.56. The summed E-state index contributed by atoms with van der Waals surface area (Å²) in [6.45, 7) is -2.10. The molecule has 1 saturated heterocycles. The summed E-state index contributed by atoms with van der Waals surface area (Å²) in [5.74, 6) is -2.52. The standard InChI is InChI=1S/C15H18BN2O7/c17-12(19)6-18-4-7(5-18)24-11-2-1-8-9-3-10(9)16(22,23)25-14(8)13(11)15(20)21/h1-2,7,9-10,22-23H,3-6H2,(H2,17,19)(H,20,21)/q-1/p-1/t9-,10-/m1/s1. The summed E-state index contributed by atoms with van der Waals surface area (Å²) >= 11 is 0. The lowest BCUT2D eigenvalue weighted by molar-refractivity contribution is -0.255. The summed E-state index contributed by atoms with van der Waals surface area (Å²) in [7, 11) is 0. The number of ether oxygens (including phenoxy) is 1. The number of nitrogens with zero attached hydrogens (tertiary/aromatic N) is 1. The van der Waals surface area contributed by atoms with E-state index in [2.05, 4.69) is 0 Å². The third-order valence-corrected chi connectivity index (χ3v) is 5.04. The first-order chi connectivity index (χ1) is 11.8. The highest BCUT2D eigenvalue weighted by atomic mass is 16.6. The van der Waals surface area contributed by atoms with E-state index in [4.69, 9.17) is 15.1 Å². The molecule has 9 nitrogen and oxygen atoms in total. The molecule has 0 radical (unpaired) electrons. The average molecular weight is 348 g/mol. The van der Waals surface area contributed by atoms with Crippen molar-refractivity contribution in [1.82, 2.24) is 4.90 Å². The molecule has 0 unspecified atom stereocenters. The molecule has 1 aromatic rings. The van der Waals surface area contributed by atoms with Gasteiger partial charge in [0.05, 0.1) is 23.8 Å². The van der Waals surface area contributed by atoms with Gasteiger partial charge < -0.3 is 35.1 Å². The molecule has 2 aliphatic heterocycles. The summed E-state index contributed by atoms with van der Waals surface area (Å²) < 4.78 is 10.9. The van der Waals surface area contributed by atoms with E-state index < -0.39 is 24.4 Å². The van der Waals surface area contributed by atoms with Gasteiger partial charge in [0.15, 0.2) is 0 Å². The van der Waals surface area contributed by atoms with Crippen LogP contribution in [-0.2, 0) is 4.79 Å². The Bertz CT molecular complexity index is 762. The Morgan fingerprint density at radius 2 is 2.12 bits per heavy atom. The molecule has 2 fully saturated rings. The average Bonchev–Trinajstić information content (AvgIpc) is 3.25. The van der Waals surface area contributed by atoms with Crippen LogP contribution in [0.15, 0.2) is 12.1 Å². The van der Waals surface area contributed by atoms with E-state index in [0.717, 1.165) is 0 Å². The van der Waals surface area contributed by atoms with Crippen LogP contribution >= 0.6 is 0 Å². The third kappa shape index (κ3) is 2.72. The third-order valence-electron chi connectivity index (χ3n) is 5.04. The summed E-state index contributed by atoms with van der Waals surface area (Å²) in [5.41, 5.74) is 5.43. The van der Waals surface area contributed by atoms with Crippen LogP contribution in [0.5, 0.6) is 11.5 Å². The maximum atomic E-state index is 11.6. The number of carboxylic acids is 1. The first-order valence-corrected chi connectivity index (χ1v) is 8.10. The predicted molar refractivity (Wildman–Crippen MR) is 82.8 cm³/mol. The SMILES string of the molecule is NC(=O)CN1CC(Oc2ccc3c(c2C(=O)[O-])O[B-](O)(O)[C@@H]2C[C@H]32)C1. The minimum Gasteiger partial charge on any atom is -0.669 e. The lowest BCUT2D eigenvalue weighted by Gasteiger charge is -2.40. The van der Waals surface area contributed by atoms with Crippen LogP contribution in [0.3, 0.4) is 0 Å². The van der Waals surface area contributed by atoms with Gasteiger partial charge in [0, 0.05) is 13.1 Å². The zero-order chi connectivity index (χ0) is 17.9. The fraction of sp³-hybridized carbons (Fsp3) is 0.467. The van der Waals surface area contributed by atoms with Crippen molar-refractivity contribution in [2.45, 2.75) is 24.3 Å². The maximum absolute atomic E-state index is 11.6. The molecule has 1 saturated carbocycles. The summed E-state index contributed by atoms with van der Waals surface area (Å²) in [6, 6.07) is 3.22. The highest BCUT2D eigenvalue weighted by molar-refractivity contribution is 6.62. The quantitative estimate of drug-likeness (QED) is 0.507. The van der Waals surface area contributed by atoms with Gasteiger partial charge in [-0.1, -0.05) is 18.3 Å². The van der Waals surface area contributed by atoms with Gasteiger partial charge in [-0.2, -0.15) is 0 Å². The number of rotatable bonds is 5. The Morgan fingerprint density at radius 3 is 2.76 bits per heavy atom. The summed E-state index contributed by atoms with van der Waals surface area (Å²) in [5, 5.41) is 31.6. The number of carbonyl (C=O) groups is 2. The molecule has 4 rings (SSSR count). The number of benzene rings is 1. The van der Waals surface area contributed by atoms with Gasteiger partial charge in [-0.3, -0.25) is 9.69 Å². The predicted octanol–water partition coefficient (Wildman–Crippen LogP) is -2.23. The van der Waals surface area contributed by atoms with Crippen molar-refractivity contribution in [3.8, 4) is 11.5 Å². The van der Waals surface area contributed by atoms with Crippen LogP contribution in [0, 0.1) is 0 Å². The second-order valence-corrected chi connectivity index (χ2v) is 6.93. The van der Waals surface area contributed by atoms with Crippen LogP contribution in [0.4, 0.5) is 0 Å². The van der Waals surface area contributed by atoms with E-state index in [9.17, 15) is 24.7 Å². The number of nitrogens with two attached hydrogens (primary N) is 1. The molecule has 2 heterocycles. The second kappa shape index (κ2) is 5.35. The Kier molecular flexibility index (Phi) is 3.46. The van der Waals surface area contributed by atoms with E-state index in [1.165, 1.54) is 6.07 Å². The van der Waals surface area contributed by atoms with E-state index in [1.54, 1.807) is 11.0 Å². The van der Waals surface area contributed by atoms with Crippen LogP contribution in [0.25, 0.3) is 0 Å². The highest BCUT2D eigenvalue weighted by Crippen LogP contribution is 2.63. The molecule has 134 valence electrons. The highest BCUT2D eigenvalue weighted by Gasteiger charge is 2.55. The van der Waals surface area contributed by atoms with E-state index in [0.29, 0.717) is 25.1 Å². The molecule has 0 spiro atoms. The Hall–Kier alpha value is -2.30. The van der Waals surface area contributed by atoms with Gasteiger partial charge in [0.2, 0.25) is 5.91 Å². The van der Waals surface area contributed by atoms with Crippen LogP contribution < -0.4 is 20.2 Å². The summed E-state index contributed by atoms with van der Waals surface area (Å²) in [6.07, 6.45) is 0.239. The fourth-order valence-electron chi connectivity index (χ4n) is 3.73. The first-order valence-electron chi connectivity index (χ1n) is 8.10. The van der Waals surface area contributed by atoms with Crippen molar-refractivity contribution < 1.29 is 34.1 Å². The van der Waals surface area contributed by atoms with E-state index in [-0.39, 0.29) is 35.6 Å². The monoisotopic (exact) mass is 348 g/mol. The van der Waals surface area contributed by atoms with Gasteiger partial charge in [-0.15, -0.1) is 0 Å². The van der Waals surface area contributed by atoms with Crippen molar-refractivity contribution in [3.63, 3.8) is 0 Å². The van der Waals surface area contributed by atoms with Crippen LogP contribution in [-0.4, -0.2) is 59.3 Å². The van der Waals surface area contributed by atoms with Crippen molar-refractivity contribution in [1.29, 1.82) is 0 Å². The zero-order valence-electron chi connectivity index (χ0n) is 13.3. The number of aromatic carboxylic acids is 1. The second-order valence-electron chi connectivity index (χ2n) is 6.93. The largest absolute Gasteiger partial charge is 0.669 e. The Labute approximate surface area is 142 Å². The number of hydrogen-bond donors (Lipinski definition) is 3. The first kappa shape index (κ1) is 16.2. The summed E-state index contributed by atoms with van der Waals surface area (Å²) in [4.78, 5) is 24.3. The lowest BCUT2D eigenvalue weighted by atomic mass is 9.68. The van der Waals surface area contributed by atoms with Gasteiger partial charge in [0.1, 0.15) is 11.9 Å². The number of amides is 1. The maximum Gasteiger partial charge on any atom is 0.434 e. The van der Waals surface area contributed by atoms with Crippen molar-refractivity contribution in [2.75, 3.05) is 19.6 Å². The molecule has 3 aliphatic rings. The minimum atomic E-state index is -3.09. The molecule has 1 amide bonds. The molecule has 1 aromatic carbocycles. The van der Waals surface area contributed by atoms with Crippen molar-refractivity contribution in [3.05, 3.63) is 23.3 Å². The number of fused-ring (bicyclic) bond motifs is 3. The van der Waals surface area contributed by atoms with Gasteiger partial charge in [-0.05, 0) is 17.5 Å². The van der Waals surface area contributed by atoms with Gasteiger partial charge in [0.25, 0.3) is 0 Å². The van der Waals surface area contributed by atoms with Crippen molar-refractivity contribution >= 4 is 18.6 Å². The molecule has 1 aliphatic carbocycles. The van der Waals surface area contributed by atoms with E-state index >= 15 is 0 Å². The van der Waals surface area contributed by atoms with Gasteiger partial charge in [-0.25, -0.2) is 0 Å². The molecule has 25 heavy (non-hydrogen) atoms. The van der Waals surface area contributed by atoms with Crippen LogP contribution in [0.1, 0.15) is 28.3 Å². The topological polar surface area (TPSA) is 145 Å². The zero-order valence-corrected chi connectivity index (χ0v) is 13.3. The number of likely N-dealkylation sites (tertiary alicyclic amines) is 1. The number of hydrogen-bond acceptors (Lipinski definition) is 8. The van der Waals surface area contributed by atoms with Crippen molar-refractivity contribution in [2.24, 2.45) is 5.73 Å². The fourth-order valence-corrected chi connectivity index (χ4v) is 3.73. The van der Waals surface area contributed by atoms with Crippen LogP contribution in [0.2, 0.25) is 5.82 Å².